The summed E-state index contributed by atoms with van der Waals surface area (Å²) in [5.41, 5.74) is 1.11. The average Bonchev–Trinajstić information content (AvgIpc) is 3.04. The van der Waals surface area contributed by atoms with Crippen LogP contribution in [0.3, 0.4) is 0 Å². The molecule has 1 aliphatic rings. The number of carbonyl (C=O) groups excluding carboxylic acids is 2. The number of amides is 1. The standard InChI is InChI=1S/C26H24FNO3/c1-2-3-6-15-28-23(18-11-13-21(27)14-12-18)22(25(30)26(28)31)24(29)20-10-9-17-7-4-5-8-19(17)16-20/h4-5,7-14,16,23,29H,2-3,6,15H2,1H3/b24-22-. The highest BCUT2D eigenvalue weighted by Gasteiger charge is 2.45. The predicted octanol–water partition coefficient (Wildman–Crippen LogP) is 5.59. The monoisotopic (exact) mass is 417 g/mol. The Hall–Kier alpha value is -3.47. The number of benzene rings is 3. The molecule has 1 N–H and O–H groups in total. The minimum atomic E-state index is -0.746. The number of halogens is 1. The second-order valence-electron chi connectivity index (χ2n) is 7.81. The number of Topliss-reactive ketones (excluding diaryl/α,β-unsaturated/α-hetero) is 1. The van der Waals surface area contributed by atoms with Gasteiger partial charge in [0.2, 0.25) is 0 Å². The summed E-state index contributed by atoms with van der Waals surface area (Å²) in [6, 6.07) is 18.1. The summed E-state index contributed by atoms with van der Waals surface area (Å²) >= 11 is 0. The zero-order valence-corrected chi connectivity index (χ0v) is 17.3. The first kappa shape index (κ1) is 20.8. The Kier molecular flexibility index (Phi) is 5.85. The van der Waals surface area contributed by atoms with E-state index in [4.69, 9.17) is 0 Å². The van der Waals surface area contributed by atoms with E-state index in [1.54, 1.807) is 24.3 Å². The lowest BCUT2D eigenvalue weighted by Gasteiger charge is -2.25. The molecular weight excluding hydrogens is 393 g/mol. The van der Waals surface area contributed by atoms with E-state index < -0.39 is 23.5 Å². The largest absolute Gasteiger partial charge is 0.507 e. The van der Waals surface area contributed by atoms with Crippen molar-refractivity contribution in [2.24, 2.45) is 0 Å². The summed E-state index contributed by atoms with van der Waals surface area (Å²) in [6.45, 7) is 2.46. The van der Waals surface area contributed by atoms with E-state index in [9.17, 15) is 19.1 Å². The molecule has 0 aromatic heterocycles. The van der Waals surface area contributed by atoms with Crippen molar-refractivity contribution in [3.63, 3.8) is 0 Å². The number of aliphatic hydroxyl groups is 1. The summed E-state index contributed by atoms with van der Waals surface area (Å²) < 4.78 is 13.5. The van der Waals surface area contributed by atoms with Crippen molar-refractivity contribution in [3.8, 4) is 0 Å². The average molecular weight is 417 g/mol. The smallest absolute Gasteiger partial charge is 0.295 e. The second kappa shape index (κ2) is 8.72. The van der Waals surface area contributed by atoms with Gasteiger partial charge in [-0.05, 0) is 41.0 Å². The number of hydrogen-bond donors (Lipinski definition) is 1. The zero-order chi connectivity index (χ0) is 22.0. The number of likely N-dealkylation sites (tertiary alicyclic amines) is 1. The van der Waals surface area contributed by atoms with Gasteiger partial charge in [0.15, 0.2) is 0 Å². The minimum Gasteiger partial charge on any atom is -0.507 e. The summed E-state index contributed by atoms with van der Waals surface area (Å²) in [4.78, 5) is 27.4. The SMILES string of the molecule is CCCCCN1C(=O)C(=O)/C(=C(\O)c2ccc3ccccc3c2)C1c1ccc(F)cc1. The number of hydrogen-bond acceptors (Lipinski definition) is 3. The van der Waals surface area contributed by atoms with Gasteiger partial charge in [0.1, 0.15) is 11.6 Å². The molecule has 1 unspecified atom stereocenters. The Balaban J connectivity index is 1.84. The predicted molar refractivity (Wildman–Crippen MR) is 119 cm³/mol. The van der Waals surface area contributed by atoms with Crippen LogP contribution in [0.25, 0.3) is 16.5 Å². The van der Waals surface area contributed by atoms with Gasteiger partial charge in [-0.3, -0.25) is 9.59 Å². The van der Waals surface area contributed by atoms with Crippen molar-refractivity contribution >= 4 is 28.2 Å². The zero-order valence-electron chi connectivity index (χ0n) is 17.3. The van der Waals surface area contributed by atoms with Crippen molar-refractivity contribution in [1.29, 1.82) is 0 Å². The number of fused-ring (bicyclic) bond motifs is 1. The molecule has 0 aliphatic carbocycles. The molecule has 1 amide bonds. The van der Waals surface area contributed by atoms with Crippen LogP contribution in [-0.2, 0) is 9.59 Å². The molecule has 1 aliphatic heterocycles. The Morgan fingerprint density at radius 3 is 2.39 bits per heavy atom. The van der Waals surface area contributed by atoms with E-state index in [1.165, 1.54) is 17.0 Å². The molecule has 0 radical (unpaired) electrons. The van der Waals surface area contributed by atoms with Crippen LogP contribution >= 0.6 is 0 Å². The van der Waals surface area contributed by atoms with Gasteiger partial charge in [0.05, 0.1) is 11.6 Å². The Bertz CT molecular complexity index is 1170. The Morgan fingerprint density at radius 2 is 1.68 bits per heavy atom. The highest BCUT2D eigenvalue weighted by atomic mass is 19.1. The van der Waals surface area contributed by atoms with Crippen LogP contribution in [0.2, 0.25) is 0 Å². The molecule has 3 aromatic carbocycles. The number of unbranched alkanes of at least 4 members (excludes halogenated alkanes) is 2. The van der Waals surface area contributed by atoms with Gasteiger partial charge in [0.25, 0.3) is 11.7 Å². The third kappa shape index (κ3) is 3.96. The number of ketones is 1. The van der Waals surface area contributed by atoms with E-state index in [0.717, 1.165) is 30.0 Å². The molecule has 1 fully saturated rings. The van der Waals surface area contributed by atoms with Crippen molar-refractivity contribution in [1.82, 2.24) is 4.90 Å². The molecule has 1 heterocycles. The molecule has 0 bridgehead atoms. The van der Waals surface area contributed by atoms with Crippen molar-refractivity contribution in [2.75, 3.05) is 6.54 Å². The van der Waals surface area contributed by atoms with E-state index in [0.29, 0.717) is 17.7 Å². The fraction of sp³-hybridized carbons (Fsp3) is 0.231. The molecule has 0 saturated carbocycles. The summed E-state index contributed by atoms with van der Waals surface area (Å²) in [5.74, 6) is -1.96. The van der Waals surface area contributed by atoms with Gasteiger partial charge in [-0.2, -0.15) is 0 Å². The van der Waals surface area contributed by atoms with Crippen molar-refractivity contribution in [3.05, 3.63) is 89.2 Å². The van der Waals surface area contributed by atoms with Gasteiger partial charge < -0.3 is 10.0 Å². The first-order valence-electron chi connectivity index (χ1n) is 10.5. The Labute approximate surface area is 180 Å². The van der Waals surface area contributed by atoms with Gasteiger partial charge >= 0.3 is 0 Å². The molecule has 1 saturated heterocycles. The van der Waals surface area contributed by atoms with Crippen LogP contribution in [-0.4, -0.2) is 28.2 Å². The van der Waals surface area contributed by atoms with Gasteiger partial charge in [-0.15, -0.1) is 0 Å². The lowest BCUT2D eigenvalue weighted by Crippen LogP contribution is -2.30. The maximum absolute atomic E-state index is 13.5. The Morgan fingerprint density at radius 1 is 0.968 bits per heavy atom. The number of nitrogens with zero attached hydrogens (tertiary/aromatic N) is 1. The van der Waals surface area contributed by atoms with Crippen molar-refractivity contribution < 1.29 is 19.1 Å². The summed E-state index contributed by atoms with van der Waals surface area (Å²) in [5, 5.41) is 13.1. The van der Waals surface area contributed by atoms with E-state index in [2.05, 4.69) is 6.92 Å². The van der Waals surface area contributed by atoms with Crippen LogP contribution in [0.5, 0.6) is 0 Å². The molecule has 31 heavy (non-hydrogen) atoms. The van der Waals surface area contributed by atoms with E-state index >= 15 is 0 Å². The van der Waals surface area contributed by atoms with Crippen LogP contribution in [0.1, 0.15) is 43.4 Å². The van der Waals surface area contributed by atoms with Crippen LogP contribution in [0.15, 0.2) is 72.3 Å². The van der Waals surface area contributed by atoms with Crippen LogP contribution in [0, 0.1) is 5.82 Å². The third-order valence-corrected chi connectivity index (χ3v) is 5.75. The summed E-state index contributed by atoms with van der Waals surface area (Å²) in [6.07, 6.45) is 2.64. The van der Waals surface area contributed by atoms with E-state index in [-0.39, 0.29) is 11.3 Å². The lowest BCUT2D eigenvalue weighted by atomic mass is 9.94. The van der Waals surface area contributed by atoms with Gasteiger partial charge in [-0.1, -0.05) is 68.3 Å². The number of carbonyl (C=O) groups is 2. The highest BCUT2D eigenvalue weighted by Crippen LogP contribution is 2.40. The fourth-order valence-electron chi connectivity index (χ4n) is 4.13. The first-order chi connectivity index (χ1) is 15.0. The second-order valence-corrected chi connectivity index (χ2v) is 7.81. The third-order valence-electron chi connectivity index (χ3n) is 5.75. The molecule has 0 spiro atoms. The minimum absolute atomic E-state index is 0.0448. The fourth-order valence-corrected chi connectivity index (χ4v) is 4.13. The number of aliphatic hydroxyl groups excluding tert-OH is 1. The van der Waals surface area contributed by atoms with E-state index in [1.807, 2.05) is 30.3 Å². The van der Waals surface area contributed by atoms with Gasteiger partial charge in [0, 0.05) is 12.1 Å². The first-order valence-corrected chi connectivity index (χ1v) is 10.5. The van der Waals surface area contributed by atoms with Crippen LogP contribution < -0.4 is 0 Å². The molecule has 158 valence electrons. The van der Waals surface area contributed by atoms with Crippen LogP contribution in [0.4, 0.5) is 4.39 Å². The maximum Gasteiger partial charge on any atom is 0.295 e. The molecule has 5 heteroatoms. The topological polar surface area (TPSA) is 57.6 Å². The summed E-state index contributed by atoms with van der Waals surface area (Å²) in [7, 11) is 0. The molecular formula is C26H24FNO3. The normalized spacial score (nSPS) is 18.1. The molecule has 4 nitrogen and oxygen atoms in total. The molecule has 3 aromatic rings. The molecule has 4 rings (SSSR count). The van der Waals surface area contributed by atoms with Gasteiger partial charge in [-0.25, -0.2) is 4.39 Å². The molecule has 1 atom stereocenters. The quantitative estimate of drug-likeness (QED) is 0.246. The highest BCUT2D eigenvalue weighted by molar-refractivity contribution is 6.46. The van der Waals surface area contributed by atoms with Crippen molar-refractivity contribution in [2.45, 2.75) is 32.2 Å². The lowest BCUT2D eigenvalue weighted by molar-refractivity contribution is -0.139. The number of rotatable bonds is 6. The maximum atomic E-state index is 13.5.